The Balaban J connectivity index is 1.82. The summed E-state index contributed by atoms with van der Waals surface area (Å²) >= 11 is 0. The summed E-state index contributed by atoms with van der Waals surface area (Å²) in [7, 11) is 0. The van der Waals surface area contributed by atoms with Crippen LogP contribution in [-0.2, 0) is 4.79 Å². The van der Waals surface area contributed by atoms with Gasteiger partial charge in [-0.1, -0.05) is 17.7 Å². The molecular weight excluding hydrogens is 326 g/mol. The van der Waals surface area contributed by atoms with Crippen molar-refractivity contribution in [3.8, 4) is 5.75 Å². The number of amides is 2. The van der Waals surface area contributed by atoms with E-state index in [0.717, 1.165) is 11.1 Å². The lowest BCUT2D eigenvalue weighted by Crippen LogP contribution is -2.43. The first-order valence-corrected chi connectivity index (χ1v) is 7.40. The second kappa shape index (κ2) is 7.91. The van der Waals surface area contributed by atoms with Gasteiger partial charge in [0.05, 0.1) is 4.92 Å². The second-order valence-electron chi connectivity index (χ2n) is 5.36. The number of hydrogen-bond acceptors (Lipinski definition) is 5. The molecule has 0 aromatic heterocycles. The van der Waals surface area contributed by atoms with Crippen molar-refractivity contribution in [2.24, 2.45) is 0 Å². The van der Waals surface area contributed by atoms with Gasteiger partial charge in [0.1, 0.15) is 5.75 Å². The van der Waals surface area contributed by atoms with Crippen LogP contribution in [-0.4, -0.2) is 23.3 Å². The highest BCUT2D eigenvalue weighted by Crippen LogP contribution is 2.18. The Morgan fingerprint density at radius 3 is 2.36 bits per heavy atom. The molecule has 0 heterocycles. The van der Waals surface area contributed by atoms with Gasteiger partial charge in [-0.25, -0.2) is 0 Å². The summed E-state index contributed by atoms with van der Waals surface area (Å²) in [6.45, 7) is 3.57. The minimum Gasteiger partial charge on any atom is -0.483 e. The summed E-state index contributed by atoms with van der Waals surface area (Å²) in [4.78, 5) is 33.6. The maximum Gasteiger partial charge on any atom is 0.276 e. The largest absolute Gasteiger partial charge is 0.483 e. The summed E-state index contributed by atoms with van der Waals surface area (Å²) in [6.07, 6.45) is 0. The highest BCUT2D eigenvalue weighted by atomic mass is 16.6. The number of nitrogens with zero attached hydrogens (tertiary/aromatic N) is 1. The number of nitro groups is 1. The second-order valence-corrected chi connectivity index (χ2v) is 5.36. The molecule has 8 nitrogen and oxygen atoms in total. The molecule has 25 heavy (non-hydrogen) atoms. The van der Waals surface area contributed by atoms with Gasteiger partial charge in [-0.15, -0.1) is 0 Å². The lowest BCUT2D eigenvalue weighted by molar-refractivity contribution is -0.384. The van der Waals surface area contributed by atoms with Crippen molar-refractivity contribution in [1.29, 1.82) is 0 Å². The first kappa shape index (κ1) is 17.9. The molecule has 2 aromatic carbocycles. The number of ether oxygens (including phenoxy) is 1. The van der Waals surface area contributed by atoms with Crippen molar-refractivity contribution in [2.75, 3.05) is 6.61 Å². The van der Waals surface area contributed by atoms with Gasteiger partial charge in [-0.05, 0) is 37.6 Å². The van der Waals surface area contributed by atoms with E-state index in [1.54, 1.807) is 6.07 Å². The minimum absolute atomic E-state index is 0.123. The fraction of sp³-hybridized carbons (Fsp3) is 0.176. The number of benzene rings is 2. The van der Waals surface area contributed by atoms with Gasteiger partial charge < -0.3 is 4.74 Å². The smallest absolute Gasteiger partial charge is 0.276 e. The number of rotatable bonds is 5. The summed E-state index contributed by atoms with van der Waals surface area (Å²) in [5.41, 5.74) is 6.49. The third-order valence-electron chi connectivity index (χ3n) is 3.34. The third kappa shape index (κ3) is 5.03. The van der Waals surface area contributed by atoms with Crippen molar-refractivity contribution in [3.63, 3.8) is 0 Å². The van der Waals surface area contributed by atoms with E-state index < -0.39 is 16.7 Å². The molecule has 2 aromatic rings. The molecule has 2 amide bonds. The summed E-state index contributed by atoms with van der Waals surface area (Å²) in [5.74, 6) is -0.535. The molecule has 130 valence electrons. The van der Waals surface area contributed by atoms with Gasteiger partial charge in [0.15, 0.2) is 6.61 Å². The maximum absolute atomic E-state index is 11.9. The van der Waals surface area contributed by atoms with E-state index in [0.29, 0.717) is 5.75 Å². The number of carbonyl (C=O) groups is 2. The Hall–Kier alpha value is -3.42. The van der Waals surface area contributed by atoms with E-state index in [2.05, 4.69) is 10.9 Å². The molecule has 2 rings (SSSR count). The number of non-ortho nitro benzene ring substituents is 1. The summed E-state index contributed by atoms with van der Waals surface area (Å²) < 4.78 is 5.40. The summed E-state index contributed by atoms with van der Waals surface area (Å²) in [5, 5.41) is 10.6. The normalized spacial score (nSPS) is 10.0. The number of carbonyl (C=O) groups excluding carboxylic acids is 2. The average Bonchev–Trinajstić information content (AvgIpc) is 2.59. The summed E-state index contributed by atoms with van der Waals surface area (Å²) in [6, 6.07) is 10.6. The number of aryl methyl sites for hydroxylation is 2. The van der Waals surface area contributed by atoms with Crippen LogP contribution in [0.25, 0.3) is 0 Å². The van der Waals surface area contributed by atoms with Crippen LogP contribution in [0, 0.1) is 24.0 Å². The van der Waals surface area contributed by atoms with Gasteiger partial charge >= 0.3 is 0 Å². The Kier molecular flexibility index (Phi) is 5.67. The molecule has 0 fully saturated rings. The molecular formula is C17H17N3O5. The van der Waals surface area contributed by atoms with Gasteiger partial charge in [0.25, 0.3) is 17.5 Å². The Bertz CT molecular complexity index is 802. The van der Waals surface area contributed by atoms with Crippen LogP contribution in [0.4, 0.5) is 5.69 Å². The van der Waals surface area contributed by atoms with Crippen LogP contribution in [0.15, 0.2) is 42.5 Å². The molecule has 0 aliphatic rings. The molecule has 0 unspecified atom stereocenters. The standard InChI is InChI=1S/C17H17N3O5/c1-11-3-8-15(12(2)9-11)25-10-16(21)18-19-17(22)13-4-6-14(7-5-13)20(23)24/h3-9H,10H2,1-2H3,(H,18,21)(H,19,22). The molecule has 2 N–H and O–H groups in total. The van der Waals surface area contributed by atoms with E-state index in [-0.39, 0.29) is 17.9 Å². The fourth-order valence-corrected chi connectivity index (χ4v) is 2.07. The SMILES string of the molecule is Cc1ccc(OCC(=O)NNC(=O)c2ccc([N+](=O)[O-])cc2)c(C)c1. The molecule has 0 saturated carbocycles. The molecule has 0 aliphatic heterocycles. The zero-order valence-corrected chi connectivity index (χ0v) is 13.7. The zero-order chi connectivity index (χ0) is 18.4. The van der Waals surface area contributed by atoms with Crippen molar-refractivity contribution >= 4 is 17.5 Å². The molecule has 0 spiro atoms. The predicted octanol–water partition coefficient (Wildman–Crippen LogP) is 2.05. The first-order valence-electron chi connectivity index (χ1n) is 7.40. The number of hydrazine groups is 1. The number of nitrogens with one attached hydrogen (secondary N) is 2. The minimum atomic E-state index is -0.588. The maximum atomic E-state index is 11.9. The molecule has 8 heteroatoms. The molecule has 0 bridgehead atoms. The quantitative estimate of drug-likeness (QED) is 0.638. The average molecular weight is 343 g/mol. The van der Waals surface area contributed by atoms with Crippen molar-refractivity contribution in [1.82, 2.24) is 10.9 Å². The Morgan fingerprint density at radius 1 is 1.08 bits per heavy atom. The fourth-order valence-electron chi connectivity index (χ4n) is 2.07. The zero-order valence-electron chi connectivity index (χ0n) is 13.7. The van der Waals surface area contributed by atoms with Crippen LogP contribution >= 0.6 is 0 Å². The lowest BCUT2D eigenvalue weighted by atomic mass is 10.1. The lowest BCUT2D eigenvalue weighted by Gasteiger charge is -2.10. The van der Waals surface area contributed by atoms with Crippen molar-refractivity contribution in [3.05, 3.63) is 69.3 Å². The van der Waals surface area contributed by atoms with Crippen molar-refractivity contribution in [2.45, 2.75) is 13.8 Å². The topological polar surface area (TPSA) is 111 Å². The van der Waals surface area contributed by atoms with Crippen LogP contribution in [0.1, 0.15) is 21.5 Å². The molecule has 0 aliphatic carbocycles. The number of nitro benzene ring substituents is 1. The number of hydrogen-bond donors (Lipinski definition) is 2. The van der Waals surface area contributed by atoms with Gasteiger partial charge in [-0.3, -0.25) is 30.6 Å². The van der Waals surface area contributed by atoms with Gasteiger partial charge in [-0.2, -0.15) is 0 Å². The van der Waals surface area contributed by atoms with E-state index in [4.69, 9.17) is 4.74 Å². The van der Waals surface area contributed by atoms with E-state index in [9.17, 15) is 19.7 Å². The van der Waals surface area contributed by atoms with Crippen LogP contribution in [0.3, 0.4) is 0 Å². The van der Waals surface area contributed by atoms with E-state index in [1.807, 2.05) is 26.0 Å². The van der Waals surface area contributed by atoms with Gasteiger partial charge in [0, 0.05) is 17.7 Å². The highest BCUT2D eigenvalue weighted by molar-refractivity contribution is 5.95. The Morgan fingerprint density at radius 2 is 1.76 bits per heavy atom. The predicted molar refractivity (Wildman–Crippen MR) is 90.1 cm³/mol. The Labute approximate surface area is 143 Å². The molecule has 0 atom stereocenters. The van der Waals surface area contributed by atoms with Crippen molar-refractivity contribution < 1.29 is 19.2 Å². The highest BCUT2D eigenvalue weighted by Gasteiger charge is 2.11. The van der Waals surface area contributed by atoms with Crippen LogP contribution in [0.2, 0.25) is 0 Å². The molecule has 0 radical (unpaired) electrons. The third-order valence-corrected chi connectivity index (χ3v) is 3.34. The van der Waals surface area contributed by atoms with Gasteiger partial charge in [0.2, 0.25) is 0 Å². The first-order chi connectivity index (χ1) is 11.9. The van der Waals surface area contributed by atoms with E-state index in [1.165, 1.54) is 24.3 Å². The van der Waals surface area contributed by atoms with Crippen LogP contribution < -0.4 is 15.6 Å². The molecule has 0 saturated heterocycles. The van der Waals surface area contributed by atoms with Crippen LogP contribution in [0.5, 0.6) is 5.75 Å². The monoisotopic (exact) mass is 343 g/mol. The van der Waals surface area contributed by atoms with E-state index >= 15 is 0 Å².